The SMILES string of the molecule is COC(=O)c1c(C(F)(F)F)[nH]c2c(O)cc3c(c12)[C@H](CCl)CN3C(=O)c1cc2cc(NC(=O)c3cc4ccc(OC)cc4o3)ccc2[nH]1. The Morgan fingerprint density at radius 2 is 1.85 bits per heavy atom. The smallest absolute Gasteiger partial charge is 0.432 e. The number of halogens is 4. The zero-order valence-corrected chi connectivity index (χ0v) is 25.8. The van der Waals surface area contributed by atoms with E-state index in [9.17, 15) is 32.7 Å². The summed E-state index contributed by atoms with van der Waals surface area (Å²) in [7, 11) is 2.47. The van der Waals surface area contributed by atoms with Crippen LogP contribution in [0.2, 0.25) is 0 Å². The molecule has 11 nitrogen and oxygen atoms in total. The number of carbonyl (C=O) groups is 3. The van der Waals surface area contributed by atoms with Crippen molar-refractivity contribution >= 4 is 73.5 Å². The largest absolute Gasteiger partial charge is 0.506 e. The van der Waals surface area contributed by atoms with Crippen LogP contribution in [0.3, 0.4) is 0 Å². The first-order valence-electron chi connectivity index (χ1n) is 14.4. The van der Waals surface area contributed by atoms with Crippen molar-refractivity contribution in [3.63, 3.8) is 0 Å². The van der Waals surface area contributed by atoms with Crippen LogP contribution in [-0.2, 0) is 10.9 Å². The van der Waals surface area contributed by atoms with Gasteiger partial charge in [-0.2, -0.15) is 13.2 Å². The number of fused-ring (bicyclic) bond motifs is 5. The third kappa shape index (κ3) is 4.96. The molecule has 1 aliphatic heterocycles. The maximum atomic E-state index is 14.0. The minimum Gasteiger partial charge on any atom is -0.506 e. The fourth-order valence-electron chi connectivity index (χ4n) is 6.17. The van der Waals surface area contributed by atoms with Gasteiger partial charge in [0.2, 0.25) is 0 Å². The van der Waals surface area contributed by atoms with Gasteiger partial charge in [0.25, 0.3) is 11.8 Å². The quantitative estimate of drug-likeness (QED) is 0.108. The Kier molecular flexibility index (Phi) is 7.27. The molecule has 1 aliphatic rings. The molecular weight excluding hydrogens is 657 g/mol. The number of H-pyrrole nitrogens is 2. The van der Waals surface area contributed by atoms with Gasteiger partial charge in [-0.05, 0) is 48.0 Å². The number of amides is 2. The first-order valence-corrected chi connectivity index (χ1v) is 14.9. The molecular formula is C33H24ClF3N4O7. The van der Waals surface area contributed by atoms with Gasteiger partial charge in [0.05, 0.1) is 31.0 Å². The van der Waals surface area contributed by atoms with Gasteiger partial charge in [-0.3, -0.25) is 9.59 Å². The molecule has 0 saturated heterocycles. The monoisotopic (exact) mass is 680 g/mol. The fraction of sp³-hybridized carbons (Fsp3) is 0.182. The average Bonchev–Trinajstić information content (AvgIpc) is 3.85. The van der Waals surface area contributed by atoms with Gasteiger partial charge in [0, 0.05) is 57.8 Å². The molecule has 0 bridgehead atoms. The van der Waals surface area contributed by atoms with E-state index in [1.54, 1.807) is 48.5 Å². The summed E-state index contributed by atoms with van der Waals surface area (Å²) in [4.78, 5) is 46.0. The van der Waals surface area contributed by atoms with Crippen molar-refractivity contribution in [1.82, 2.24) is 9.97 Å². The molecule has 1 atom stereocenters. The number of alkyl halides is 4. The van der Waals surface area contributed by atoms with Crippen LogP contribution >= 0.6 is 11.6 Å². The molecule has 4 heterocycles. The summed E-state index contributed by atoms with van der Waals surface area (Å²) < 4.78 is 57.5. The van der Waals surface area contributed by atoms with Gasteiger partial charge in [-0.25, -0.2) is 4.79 Å². The Bertz CT molecular complexity index is 2310. The number of nitrogens with zero attached hydrogens (tertiary/aromatic N) is 1. The van der Waals surface area contributed by atoms with Crippen LogP contribution in [0.5, 0.6) is 11.5 Å². The number of methoxy groups -OCH3 is 2. The average molecular weight is 681 g/mol. The summed E-state index contributed by atoms with van der Waals surface area (Å²) in [5.41, 5.74) is -0.625. The van der Waals surface area contributed by atoms with E-state index < -0.39 is 46.9 Å². The number of esters is 1. The standard InChI is InChI=1S/C33H24ClF3N4O7/c1-46-18-5-3-14-9-24(48-23(14)10-18)30(43)38-17-4-6-19-15(7-17)8-20(39-19)31(44)41-13-16(12-34)25-21(41)11-22(42)28-26(25)27(32(45)47-2)29(40-28)33(35,36)37/h3-11,16,39-40,42H,12-13H2,1-2H3,(H,38,43)/t16-/m1/s1. The molecule has 0 spiro atoms. The lowest BCUT2D eigenvalue weighted by molar-refractivity contribution is -0.141. The Morgan fingerprint density at radius 1 is 1.06 bits per heavy atom. The number of hydrogen-bond donors (Lipinski definition) is 4. The fourth-order valence-corrected chi connectivity index (χ4v) is 6.42. The maximum Gasteiger partial charge on any atom is 0.432 e. The molecule has 3 aromatic heterocycles. The second kappa shape index (κ2) is 11.3. The zero-order chi connectivity index (χ0) is 34.1. The van der Waals surface area contributed by atoms with E-state index in [2.05, 4.69) is 20.0 Å². The number of rotatable bonds is 6. The molecule has 48 heavy (non-hydrogen) atoms. The summed E-state index contributed by atoms with van der Waals surface area (Å²) in [5, 5.41) is 14.7. The summed E-state index contributed by atoms with van der Waals surface area (Å²) in [6.07, 6.45) is -4.98. The Hall–Kier alpha value is -5.63. The number of phenols is 1. The van der Waals surface area contributed by atoms with Crippen molar-refractivity contribution < 1.29 is 46.6 Å². The van der Waals surface area contributed by atoms with E-state index >= 15 is 0 Å². The topological polar surface area (TPSA) is 150 Å². The predicted molar refractivity (Wildman–Crippen MR) is 170 cm³/mol. The van der Waals surface area contributed by atoms with Crippen LogP contribution in [0, 0.1) is 0 Å². The summed E-state index contributed by atoms with van der Waals surface area (Å²) in [5.74, 6) is -3.03. The third-order valence-corrected chi connectivity index (χ3v) is 8.71. The number of nitrogens with one attached hydrogen (secondary N) is 3. The van der Waals surface area contributed by atoms with Crippen LogP contribution in [0.4, 0.5) is 24.5 Å². The molecule has 6 aromatic rings. The summed E-state index contributed by atoms with van der Waals surface area (Å²) >= 11 is 6.25. The van der Waals surface area contributed by atoms with E-state index in [1.807, 2.05) is 0 Å². The van der Waals surface area contributed by atoms with Gasteiger partial charge in [-0.15, -0.1) is 11.6 Å². The molecule has 0 radical (unpaired) electrons. The maximum absolute atomic E-state index is 14.0. The van der Waals surface area contributed by atoms with Gasteiger partial charge in [0.1, 0.15) is 28.5 Å². The van der Waals surface area contributed by atoms with Gasteiger partial charge in [0.15, 0.2) is 5.76 Å². The van der Waals surface area contributed by atoms with E-state index in [0.29, 0.717) is 27.9 Å². The Labute approximate surface area is 273 Å². The molecule has 0 fully saturated rings. The van der Waals surface area contributed by atoms with Crippen molar-refractivity contribution in [1.29, 1.82) is 0 Å². The number of benzene rings is 3. The normalized spacial score (nSPS) is 14.5. The van der Waals surface area contributed by atoms with Crippen LogP contribution in [0.25, 0.3) is 32.8 Å². The number of aromatic nitrogens is 2. The highest BCUT2D eigenvalue weighted by atomic mass is 35.5. The first-order chi connectivity index (χ1) is 22.9. The van der Waals surface area contributed by atoms with Crippen molar-refractivity contribution in [2.24, 2.45) is 0 Å². The minimum absolute atomic E-state index is 0.0383. The number of aromatic amines is 2. The highest BCUT2D eigenvalue weighted by molar-refractivity contribution is 6.20. The lowest BCUT2D eigenvalue weighted by Crippen LogP contribution is -2.30. The van der Waals surface area contributed by atoms with Crippen molar-refractivity contribution in [2.75, 3.05) is 36.9 Å². The number of anilines is 2. The molecule has 3 aromatic carbocycles. The van der Waals surface area contributed by atoms with Crippen LogP contribution in [0.15, 0.2) is 59.0 Å². The lowest BCUT2D eigenvalue weighted by Gasteiger charge is -2.17. The Morgan fingerprint density at radius 3 is 2.56 bits per heavy atom. The van der Waals surface area contributed by atoms with Crippen LogP contribution in [-0.4, -0.2) is 59.5 Å². The number of hydrogen-bond acceptors (Lipinski definition) is 7. The molecule has 0 aliphatic carbocycles. The number of ether oxygens (including phenoxy) is 2. The predicted octanol–water partition coefficient (Wildman–Crippen LogP) is 7.15. The highest BCUT2D eigenvalue weighted by Crippen LogP contribution is 2.49. The highest BCUT2D eigenvalue weighted by Gasteiger charge is 2.43. The molecule has 0 saturated carbocycles. The van der Waals surface area contributed by atoms with Gasteiger partial charge >= 0.3 is 12.1 Å². The lowest BCUT2D eigenvalue weighted by atomic mass is 9.95. The van der Waals surface area contributed by atoms with Gasteiger partial charge in [-0.1, -0.05) is 0 Å². The van der Waals surface area contributed by atoms with Crippen molar-refractivity contribution in [3.05, 3.63) is 82.9 Å². The van der Waals surface area contributed by atoms with Crippen LogP contribution in [0.1, 0.15) is 48.6 Å². The minimum atomic E-state index is -4.98. The number of aromatic hydroxyl groups is 1. The molecule has 7 rings (SSSR count). The summed E-state index contributed by atoms with van der Waals surface area (Å²) in [6, 6.07) is 14.5. The number of furan rings is 1. The number of carbonyl (C=O) groups excluding carboxylic acids is 3. The van der Waals surface area contributed by atoms with E-state index in [0.717, 1.165) is 12.5 Å². The van der Waals surface area contributed by atoms with E-state index in [4.69, 9.17) is 20.8 Å². The van der Waals surface area contributed by atoms with Crippen molar-refractivity contribution in [3.8, 4) is 11.5 Å². The molecule has 15 heteroatoms. The Balaban J connectivity index is 1.22. The van der Waals surface area contributed by atoms with E-state index in [-0.39, 0.29) is 46.0 Å². The van der Waals surface area contributed by atoms with Crippen LogP contribution < -0.4 is 15.0 Å². The number of phenolic OH excluding ortho intramolecular Hbond substituents is 1. The molecule has 2 amide bonds. The molecule has 0 unspecified atom stereocenters. The molecule has 4 N–H and O–H groups in total. The second-order valence-electron chi connectivity index (χ2n) is 11.2. The van der Waals surface area contributed by atoms with Crippen molar-refractivity contribution in [2.45, 2.75) is 12.1 Å². The van der Waals surface area contributed by atoms with E-state index in [1.165, 1.54) is 18.1 Å². The first kappa shape index (κ1) is 31.0. The zero-order valence-electron chi connectivity index (χ0n) is 25.0. The third-order valence-electron chi connectivity index (χ3n) is 8.34. The second-order valence-corrected chi connectivity index (χ2v) is 11.5. The summed E-state index contributed by atoms with van der Waals surface area (Å²) in [6.45, 7) is -0.0383. The van der Waals surface area contributed by atoms with Gasteiger partial charge < -0.3 is 39.2 Å². The molecule has 246 valence electrons.